The molecule has 2 rings (SSSR count). The third-order valence-electron chi connectivity index (χ3n) is 4.12. The second-order valence-corrected chi connectivity index (χ2v) is 7.50. The molecule has 1 atom stereocenters. The number of aryl methyl sites for hydroxylation is 1. The Hall–Kier alpha value is -2.98. The van der Waals surface area contributed by atoms with E-state index >= 15 is 0 Å². The Morgan fingerprint density at radius 3 is 2.45 bits per heavy atom. The monoisotopic (exact) mass is 443 g/mol. The van der Waals surface area contributed by atoms with Crippen LogP contribution in [0.15, 0.2) is 24.3 Å². The number of carbonyl (C=O) groups is 1. The number of pyridine rings is 1. The number of carbonyl (C=O) groups excluding carboxylic acids is 1. The molecule has 0 saturated carbocycles. The van der Waals surface area contributed by atoms with E-state index in [0.717, 1.165) is 23.9 Å². The first-order chi connectivity index (χ1) is 14.5. The van der Waals surface area contributed by atoms with Crippen molar-refractivity contribution in [1.29, 1.82) is 0 Å². The highest BCUT2D eigenvalue weighted by atomic mass is 19.3. The van der Waals surface area contributed by atoms with Crippen molar-refractivity contribution in [3.8, 4) is 5.88 Å². The first kappa shape index (κ1) is 24.3. The molecular formula is C20H25F4N5O2. The summed E-state index contributed by atoms with van der Waals surface area (Å²) in [4.78, 5) is 16.8. The summed E-state index contributed by atoms with van der Waals surface area (Å²) in [6.07, 6.45) is -3.86. The molecular weight excluding hydrogens is 418 g/mol. The molecule has 2 aromatic heterocycles. The van der Waals surface area contributed by atoms with E-state index in [9.17, 15) is 22.4 Å². The fourth-order valence-electron chi connectivity index (χ4n) is 2.45. The summed E-state index contributed by atoms with van der Waals surface area (Å²) in [7, 11) is 0. The van der Waals surface area contributed by atoms with E-state index in [1.54, 1.807) is 6.92 Å². The van der Waals surface area contributed by atoms with Gasteiger partial charge in [-0.2, -0.15) is 8.78 Å². The number of nitrogens with zero attached hydrogens (tertiary/aromatic N) is 3. The van der Waals surface area contributed by atoms with Gasteiger partial charge in [0, 0.05) is 18.3 Å². The lowest BCUT2D eigenvalue weighted by Crippen LogP contribution is -2.34. The molecule has 1 unspecified atom stereocenters. The van der Waals surface area contributed by atoms with Crippen LogP contribution in [-0.2, 0) is 0 Å². The number of alkyl halides is 4. The summed E-state index contributed by atoms with van der Waals surface area (Å²) >= 11 is 0. The molecule has 0 fully saturated rings. The molecule has 0 aliphatic heterocycles. The average molecular weight is 443 g/mol. The summed E-state index contributed by atoms with van der Waals surface area (Å²) in [6.45, 7) is 7.00. The number of aromatic nitrogens is 3. The minimum atomic E-state index is -4.31. The Kier molecular flexibility index (Phi) is 8.12. The van der Waals surface area contributed by atoms with Crippen molar-refractivity contribution in [3.05, 3.63) is 41.2 Å². The summed E-state index contributed by atoms with van der Waals surface area (Å²) in [5.41, 5.74) is 1.53. The topological polar surface area (TPSA) is 89.0 Å². The Bertz CT molecular complexity index is 878. The molecule has 0 aromatic carbocycles. The molecule has 7 nitrogen and oxygen atoms in total. The number of ether oxygens (including phenoxy) is 1. The Labute approximate surface area is 177 Å². The number of halogens is 4. The molecule has 2 N–H and O–H groups in total. The maximum Gasteiger partial charge on any atom is 0.340 e. The Morgan fingerprint density at radius 2 is 1.87 bits per heavy atom. The molecule has 0 aliphatic carbocycles. The lowest BCUT2D eigenvalue weighted by atomic mass is 10.1. The van der Waals surface area contributed by atoms with Gasteiger partial charge in [0.1, 0.15) is 5.82 Å². The van der Waals surface area contributed by atoms with Gasteiger partial charge in [-0.3, -0.25) is 4.79 Å². The lowest BCUT2D eigenvalue weighted by molar-refractivity contribution is -0.148. The molecule has 2 aromatic rings. The smallest absolute Gasteiger partial charge is 0.340 e. The van der Waals surface area contributed by atoms with Crippen molar-refractivity contribution in [1.82, 2.24) is 20.5 Å². The Balaban J connectivity index is 2.00. The van der Waals surface area contributed by atoms with Gasteiger partial charge in [0.15, 0.2) is 12.3 Å². The summed E-state index contributed by atoms with van der Waals surface area (Å²) in [5, 5.41) is 13.1. The van der Waals surface area contributed by atoms with Gasteiger partial charge in [0.05, 0.1) is 6.04 Å². The maximum absolute atomic E-state index is 12.9. The van der Waals surface area contributed by atoms with Crippen LogP contribution in [0.3, 0.4) is 0 Å². The molecule has 31 heavy (non-hydrogen) atoms. The van der Waals surface area contributed by atoms with Gasteiger partial charge in [0.25, 0.3) is 5.91 Å². The van der Waals surface area contributed by atoms with Crippen LogP contribution in [0.25, 0.3) is 0 Å². The third kappa shape index (κ3) is 7.34. The summed E-state index contributed by atoms with van der Waals surface area (Å²) in [5.74, 6) is -4.11. The predicted molar refractivity (Wildman–Crippen MR) is 107 cm³/mol. The first-order valence-electron chi connectivity index (χ1n) is 9.63. The number of hydrogen-bond acceptors (Lipinski definition) is 6. The number of amides is 1. The van der Waals surface area contributed by atoms with Gasteiger partial charge >= 0.3 is 12.3 Å². The van der Waals surface area contributed by atoms with Gasteiger partial charge < -0.3 is 15.4 Å². The van der Waals surface area contributed by atoms with Gasteiger partial charge in [-0.05, 0) is 43.5 Å². The second-order valence-electron chi connectivity index (χ2n) is 7.50. The quantitative estimate of drug-likeness (QED) is 0.540. The molecule has 11 heteroatoms. The number of hydrogen-bond donors (Lipinski definition) is 2. The van der Waals surface area contributed by atoms with Crippen LogP contribution >= 0.6 is 0 Å². The molecule has 1 amide bonds. The second kappa shape index (κ2) is 10.4. The van der Waals surface area contributed by atoms with Crippen molar-refractivity contribution in [3.63, 3.8) is 0 Å². The number of nitrogens with one attached hydrogen (secondary N) is 2. The molecule has 0 bridgehead atoms. The van der Waals surface area contributed by atoms with E-state index in [-0.39, 0.29) is 11.7 Å². The zero-order valence-corrected chi connectivity index (χ0v) is 17.6. The van der Waals surface area contributed by atoms with E-state index in [1.165, 1.54) is 6.07 Å². The summed E-state index contributed by atoms with van der Waals surface area (Å²) < 4.78 is 54.6. The van der Waals surface area contributed by atoms with Crippen LogP contribution in [0.1, 0.15) is 48.6 Å². The third-order valence-corrected chi connectivity index (χ3v) is 4.12. The molecule has 0 radical (unpaired) electrons. The summed E-state index contributed by atoms with van der Waals surface area (Å²) in [6, 6.07) is 5.62. The highest BCUT2D eigenvalue weighted by molar-refractivity contribution is 5.92. The molecule has 0 spiro atoms. The van der Waals surface area contributed by atoms with Crippen LogP contribution in [-0.4, -0.2) is 46.6 Å². The molecule has 0 aliphatic rings. The van der Waals surface area contributed by atoms with E-state index in [2.05, 4.69) is 44.4 Å². The fourth-order valence-corrected chi connectivity index (χ4v) is 2.45. The lowest BCUT2D eigenvalue weighted by Gasteiger charge is -2.17. The number of anilines is 1. The fraction of sp³-hybridized carbons (Fsp3) is 0.500. The predicted octanol–water partition coefficient (Wildman–Crippen LogP) is 4.02. The van der Waals surface area contributed by atoms with Crippen LogP contribution in [0.4, 0.5) is 23.4 Å². The van der Waals surface area contributed by atoms with E-state index < -0.39 is 30.7 Å². The maximum atomic E-state index is 12.9. The normalized spacial score (nSPS) is 12.7. The highest BCUT2D eigenvalue weighted by Gasteiger charge is 2.41. The zero-order valence-electron chi connectivity index (χ0n) is 17.6. The SMILES string of the molecule is Cc1cc(C(C)NC(=O)c2ccc(OCC(F)(F)C(F)F)nn2)cc(NCC(C)C)n1. The van der Waals surface area contributed by atoms with Gasteiger partial charge in [-0.25, -0.2) is 13.8 Å². The van der Waals surface area contributed by atoms with Gasteiger partial charge in [-0.1, -0.05) is 13.8 Å². The Morgan fingerprint density at radius 1 is 1.16 bits per heavy atom. The van der Waals surface area contributed by atoms with Crippen molar-refractivity contribution < 1.29 is 27.1 Å². The molecule has 2 heterocycles. The van der Waals surface area contributed by atoms with Crippen LogP contribution in [0.5, 0.6) is 5.88 Å². The standard InChI is InChI=1S/C20H25F4N5O2/c1-11(2)9-25-16-8-14(7-12(3)26-16)13(4)27-18(30)15-5-6-17(29-28-15)31-10-20(23,24)19(21)22/h5-8,11,13,19H,9-10H2,1-4H3,(H,25,26)(H,27,30). The minimum absolute atomic E-state index is 0.0799. The van der Waals surface area contributed by atoms with Crippen molar-refractivity contribution >= 4 is 11.7 Å². The first-order valence-corrected chi connectivity index (χ1v) is 9.63. The number of rotatable bonds is 10. The van der Waals surface area contributed by atoms with Crippen LogP contribution in [0, 0.1) is 12.8 Å². The van der Waals surface area contributed by atoms with Gasteiger partial charge in [0.2, 0.25) is 5.88 Å². The van der Waals surface area contributed by atoms with Gasteiger partial charge in [-0.15, -0.1) is 10.2 Å². The van der Waals surface area contributed by atoms with Crippen molar-refractivity contribution in [2.24, 2.45) is 5.92 Å². The van der Waals surface area contributed by atoms with Crippen molar-refractivity contribution in [2.45, 2.75) is 46.1 Å². The van der Waals surface area contributed by atoms with Crippen LogP contribution in [0.2, 0.25) is 0 Å². The molecule has 0 saturated heterocycles. The minimum Gasteiger partial charge on any atom is -0.470 e. The van der Waals surface area contributed by atoms with E-state index in [0.29, 0.717) is 11.7 Å². The highest BCUT2D eigenvalue weighted by Crippen LogP contribution is 2.23. The van der Waals surface area contributed by atoms with E-state index in [4.69, 9.17) is 0 Å². The largest absolute Gasteiger partial charge is 0.470 e. The average Bonchev–Trinajstić information content (AvgIpc) is 2.70. The van der Waals surface area contributed by atoms with Crippen LogP contribution < -0.4 is 15.4 Å². The van der Waals surface area contributed by atoms with Crippen molar-refractivity contribution in [2.75, 3.05) is 18.5 Å². The zero-order chi connectivity index (χ0) is 23.2. The van der Waals surface area contributed by atoms with E-state index in [1.807, 2.05) is 19.1 Å². The molecule has 170 valence electrons.